The molecule has 5 aromatic carbocycles. The number of fused-ring (bicyclic) bond motifs is 3. The van der Waals surface area contributed by atoms with Gasteiger partial charge in [-0.3, -0.25) is 0 Å². The van der Waals surface area contributed by atoms with Crippen LogP contribution >= 0.6 is 0 Å². The van der Waals surface area contributed by atoms with Gasteiger partial charge in [0.1, 0.15) is 5.69 Å². The van der Waals surface area contributed by atoms with Crippen LogP contribution in [0.5, 0.6) is 0 Å². The first-order valence-corrected chi connectivity index (χ1v) is 12.6. The Bertz CT molecular complexity index is 1830. The van der Waals surface area contributed by atoms with E-state index >= 15 is 0 Å². The van der Waals surface area contributed by atoms with Gasteiger partial charge in [0.15, 0.2) is 0 Å². The van der Waals surface area contributed by atoms with Crippen LogP contribution in [0.2, 0.25) is 0 Å². The molecule has 7 rings (SSSR count). The van der Waals surface area contributed by atoms with Crippen molar-refractivity contribution in [3.8, 4) is 44.8 Å². The van der Waals surface area contributed by atoms with Crippen LogP contribution < -0.4 is 0 Å². The quantitative estimate of drug-likeness (QED) is 0.250. The van der Waals surface area contributed by atoms with Crippen LogP contribution in [0.1, 0.15) is 0 Å². The minimum Gasteiger partial charge on any atom is -0.231 e. The molecule has 0 aliphatic heterocycles. The van der Waals surface area contributed by atoms with Gasteiger partial charge >= 0.3 is 0 Å². The van der Waals surface area contributed by atoms with Crippen LogP contribution in [0.3, 0.4) is 0 Å². The van der Waals surface area contributed by atoms with Crippen LogP contribution in [0.25, 0.3) is 61.1 Å². The number of aromatic nitrogens is 2. The third kappa shape index (κ3) is 3.71. The lowest BCUT2D eigenvalue weighted by Gasteiger charge is -2.10. The van der Waals surface area contributed by atoms with Crippen LogP contribution in [0.15, 0.2) is 146 Å². The number of hydrogen-bond acceptors (Lipinski definition) is 1. The fourth-order valence-corrected chi connectivity index (χ4v) is 5.23. The summed E-state index contributed by atoms with van der Waals surface area (Å²) in [6, 6.07) is 51.3. The van der Waals surface area contributed by atoms with Gasteiger partial charge in [0.25, 0.3) is 0 Å². The largest absolute Gasteiger partial charge is 0.231 e. The van der Waals surface area contributed by atoms with E-state index in [2.05, 4.69) is 150 Å². The minimum absolute atomic E-state index is 0.986. The Kier molecular flexibility index (Phi) is 5.15. The topological polar surface area (TPSA) is 17.3 Å². The Morgan fingerprint density at radius 1 is 0.432 bits per heavy atom. The molecule has 0 N–H and O–H groups in total. The molecule has 0 aliphatic rings. The number of pyridine rings is 1. The molecule has 0 atom stereocenters. The Morgan fingerprint density at radius 3 is 1.62 bits per heavy atom. The number of rotatable bonds is 4. The zero-order valence-electron chi connectivity index (χ0n) is 20.3. The second-order valence-electron chi connectivity index (χ2n) is 9.28. The molecule has 0 fully saturated rings. The minimum atomic E-state index is 0.986. The summed E-state index contributed by atoms with van der Waals surface area (Å²) in [5.74, 6) is 0. The Morgan fingerprint density at radius 2 is 0.946 bits per heavy atom. The molecule has 2 heteroatoms. The Labute approximate surface area is 216 Å². The smallest absolute Gasteiger partial charge is 0.101 e. The maximum atomic E-state index is 5.30. The number of benzene rings is 5. The molecule has 0 amide bonds. The highest BCUT2D eigenvalue weighted by atomic mass is 15.2. The van der Waals surface area contributed by atoms with E-state index in [9.17, 15) is 0 Å². The first-order chi connectivity index (χ1) is 18.4. The summed E-state index contributed by atoms with van der Waals surface area (Å²) < 4.78 is 2.14. The van der Waals surface area contributed by atoms with Crippen LogP contribution in [0, 0.1) is 0 Å². The summed E-state index contributed by atoms with van der Waals surface area (Å²) in [7, 11) is 0. The van der Waals surface area contributed by atoms with Crippen molar-refractivity contribution in [3.63, 3.8) is 0 Å². The van der Waals surface area contributed by atoms with Crippen molar-refractivity contribution < 1.29 is 0 Å². The Hall–Kier alpha value is -4.95. The molecule has 0 aliphatic carbocycles. The molecular formula is C35H24N2. The molecule has 0 spiro atoms. The van der Waals surface area contributed by atoms with Gasteiger partial charge in [0.05, 0.1) is 11.2 Å². The average Bonchev–Trinajstić information content (AvgIpc) is 3.39. The predicted octanol–water partition coefficient (Wildman–Crippen LogP) is 9.16. The van der Waals surface area contributed by atoms with Gasteiger partial charge in [-0.15, -0.1) is 0 Å². The number of hydrogen-bond donors (Lipinski definition) is 0. The van der Waals surface area contributed by atoms with Gasteiger partial charge < -0.3 is 0 Å². The van der Waals surface area contributed by atoms with Crippen LogP contribution in [-0.2, 0) is 0 Å². The van der Waals surface area contributed by atoms with Gasteiger partial charge in [-0.05, 0) is 28.1 Å². The molecule has 2 heterocycles. The van der Waals surface area contributed by atoms with Crippen molar-refractivity contribution in [2.24, 2.45) is 0 Å². The van der Waals surface area contributed by atoms with E-state index < -0.39 is 0 Å². The molecule has 2 nitrogen and oxygen atoms in total. The standard InChI is InChI=1S/C35H24N2/c1-4-12-25(13-5-1)26-20-22-29(23-21-26)34-33(28-16-8-3-9-17-28)35-31-19-11-10-18-30(31)24-32(37(35)36-34)27-14-6-2-7-15-27/h1-24H. The normalized spacial score (nSPS) is 11.2. The molecule has 7 aromatic rings. The lowest BCUT2D eigenvalue weighted by atomic mass is 9.96. The molecule has 0 radical (unpaired) electrons. The van der Waals surface area contributed by atoms with Crippen LogP contribution in [0.4, 0.5) is 0 Å². The average molecular weight is 473 g/mol. The van der Waals surface area contributed by atoms with E-state index in [1.807, 2.05) is 0 Å². The van der Waals surface area contributed by atoms with Crippen molar-refractivity contribution in [2.75, 3.05) is 0 Å². The van der Waals surface area contributed by atoms with Gasteiger partial charge in [0, 0.05) is 22.1 Å². The van der Waals surface area contributed by atoms with E-state index in [0.29, 0.717) is 0 Å². The van der Waals surface area contributed by atoms with Crippen molar-refractivity contribution in [2.45, 2.75) is 0 Å². The monoisotopic (exact) mass is 472 g/mol. The van der Waals surface area contributed by atoms with Crippen molar-refractivity contribution in [1.29, 1.82) is 0 Å². The van der Waals surface area contributed by atoms with E-state index in [-0.39, 0.29) is 0 Å². The highest BCUT2D eigenvalue weighted by Gasteiger charge is 2.21. The maximum Gasteiger partial charge on any atom is 0.101 e. The molecule has 0 unspecified atom stereocenters. The van der Waals surface area contributed by atoms with Gasteiger partial charge in [-0.25, -0.2) is 4.52 Å². The maximum absolute atomic E-state index is 5.30. The summed E-state index contributed by atoms with van der Waals surface area (Å²) in [5, 5.41) is 7.71. The first kappa shape index (κ1) is 21.3. The second-order valence-corrected chi connectivity index (χ2v) is 9.28. The first-order valence-electron chi connectivity index (χ1n) is 12.6. The zero-order chi connectivity index (χ0) is 24.6. The van der Waals surface area contributed by atoms with E-state index in [1.54, 1.807) is 0 Å². The van der Waals surface area contributed by atoms with E-state index in [4.69, 9.17) is 5.10 Å². The lowest BCUT2D eigenvalue weighted by molar-refractivity contribution is 0.979. The highest BCUT2D eigenvalue weighted by Crippen LogP contribution is 2.41. The highest BCUT2D eigenvalue weighted by molar-refractivity contribution is 6.08. The third-order valence-electron chi connectivity index (χ3n) is 7.02. The summed E-state index contributed by atoms with van der Waals surface area (Å²) in [4.78, 5) is 0. The second kappa shape index (κ2) is 8.92. The third-order valence-corrected chi connectivity index (χ3v) is 7.02. The van der Waals surface area contributed by atoms with Gasteiger partial charge in [-0.2, -0.15) is 5.10 Å². The molecule has 2 aromatic heterocycles. The molecule has 174 valence electrons. The molecule has 0 saturated heterocycles. The molecule has 0 saturated carbocycles. The zero-order valence-corrected chi connectivity index (χ0v) is 20.3. The van der Waals surface area contributed by atoms with Crippen molar-refractivity contribution >= 4 is 16.3 Å². The molecule has 37 heavy (non-hydrogen) atoms. The lowest BCUT2D eigenvalue weighted by Crippen LogP contribution is -1.95. The fourth-order valence-electron chi connectivity index (χ4n) is 5.23. The van der Waals surface area contributed by atoms with Gasteiger partial charge in [-0.1, -0.05) is 140 Å². The van der Waals surface area contributed by atoms with E-state index in [0.717, 1.165) is 39.2 Å². The summed E-state index contributed by atoms with van der Waals surface area (Å²) in [5.41, 5.74) is 10.2. The summed E-state index contributed by atoms with van der Waals surface area (Å²) in [6.45, 7) is 0. The number of nitrogens with zero attached hydrogens (tertiary/aromatic N) is 2. The SMILES string of the molecule is c1ccc(-c2ccc(-c3nn4c(-c5ccccc5)cc5ccccc5c4c3-c3ccccc3)cc2)cc1. The van der Waals surface area contributed by atoms with Crippen LogP contribution in [-0.4, -0.2) is 9.61 Å². The molecule has 0 bridgehead atoms. The predicted molar refractivity (Wildman–Crippen MR) is 154 cm³/mol. The summed E-state index contributed by atoms with van der Waals surface area (Å²) >= 11 is 0. The molecular weight excluding hydrogens is 448 g/mol. The van der Waals surface area contributed by atoms with E-state index in [1.165, 1.54) is 21.9 Å². The fraction of sp³-hybridized carbons (Fsp3) is 0. The van der Waals surface area contributed by atoms with Crippen molar-refractivity contribution in [1.82, 2.24) is 9.61 Å². The van der Waals surface area contributed by atoms with Crippen molar-refractivity contribution in [3.05, 3.63) is 146 Å². The Balaban J connectivity index is 1.55. The van der Waals surface area contributed by atoms with Gasteiger partial charge in [0.2, 0.25) is 0 Å². The summed E-state index contributed by atoms with van der Waals surface area (Å²) in [6.07, 6.45) is 0.